The molecule has 0 amide bonds. The van der Waals surface area contributed by atoms with E-state index in [1.54, 1.807) is 0 Å². The molecule has 1 unspecified atom stereocenters. The Morgan fingerprint density at radius 3 is 2.68 bits per heavy atom. The highest BCUT2D eigenvalue weighted by Crippen LogP contribution is 2.25. The number of hydrogen-bond acceptors (Lipinski definition) is 3. The van der Waals surface area contributed by atoms with Crippen molar-refractivity contribution in [1.29, 1.82) is 0 Å². The number of ether oxygens (including phenoxy) is 1. The van der Waals surface area contributed by atoms with Crippen molar-refractivity contribution in [1.82, 2.24) is 9.78 Å². The first-order valence-electron chi connectivity index (χ1n) is 8.71. The highest BCUT2D eigenvalue weighted by atomic mass is 16.5. The lowest BCUT2D eigenvalue weighted by Gasteiger charge is -2.16. The molecule has 0 saturated heterocycles. The summed E-state index contributed by atoms with van der Waals surface area (Å²) >= 11 is 0. The fourth-order valence-corrected chi connectivity index (χ4v) is 2.85. The zero-order valence-corrected chi connectivity index (χ0v) is 15.1. The fraction of sp³-hybridized carbons (Fsp3) is 0.286. The SMILES string of the molecule is CCc1nn(C)cc1NC(C)c1cccc(OCc2ccccc2)c1. The van der Waals surface area contributed by atoms with E-state index in [1.165, 1.54) is 11.1 Å². The predicted octanol–water partition coefficient (Wildman–Crippen LogP) is 4.73. The molecule has 1 aromatic heterocycles. The molecule has 4 nitrogen and oxygen atoms in total. The highest BCUT2D eigenvalue weighted by molar-refractivity contribution is 5.48. The van der Waals surface area contributed by atoms with Crippen molar-refractivity contribution in [2.75, 3.05) is 5.32 Å². The molecule has 0 aliphatic heterocycles. The second-order valence-electron chi connectivity index (χ2n) is 6.23. The fourth-order valence-electron chi connectivity index (χ4n) is 2.85. The van der Waals surface area contributed by atoms with Gasteiger partial charge in [0.25, 0.3) is 0 Å². The largest absolute Gasteiger partial charge is 0.489 e. The molecule has 0 fully saturated rings. The zero-order valence-electron chi connectivity index (χ0n) is 15.1. The van der Waals surface area contributed by atoms with E-state index in [0.29, 0.717) is 6.61 Å². The van der Waals surface area contributed by atoms with Crippen molar-refractivity contribution in [3.05, 3.63) is 77.6 Å². The lowest BCUT2D eigenvalue weighted by Crippen LogP contribution is -2.07. The van der Waals surface area contributed by atoms with Crippen LogP contribution in [0.2, 0.25) is 0 Å². The molecule has 4 heteroatoms. The second-order valence-corrected chi connectivity index (χ2v) is 6.23. The second kappa shape index (κ2) is 7.88. The smallest absolute Gasteiger partial charge is 0.120 e. The van der Waals surface area contributed by atoms with Gasteiger partial charge in [0, 0.05) is 19.3 Å². The minimum atomic E-state index is 0.176. The summed E-state index contributed by atoms with van der Waals surface area (Å²) in [6.45, 7) is 4.85. The molecule has 0 radical (unpaired) electrons. The minimum absolute atomic E-state index is 0.176. The van der Waals surface area contributed by atoms with Crippen molar-refractivity contribution in [2.24, 2.45) is 7.05 Å². The lowest BCUT2D eigenvalue weighted by molar-refractivity contribution is 0.306. The van der Waals surface area contributed by atoms with Crippen LogP contribution in [-0.2, 0) is 20.1 Å². The van der Waals surface area contributed by atoms with Gasteiger partial charge in [-0.3, -0.25) is 4.68 Å². The maximum Gasteiger partial charge on any atom is 0.120 e. The van der Waals surface area contributed by atoms with E-state index >= 15 is 0 Å². The Morgan fingerprint density at radius 2 is 1.92 bits per heavy atom. The highest BCUT2D eigenvalue weighted by Gasteiger charge is 2.11. The van der Waals surface area contributed by atoms with Crippen molar-refractivity contribution < 1.29 is 4.74 Å². The Kier molecular flexibility index (Phi) is 5.39. The van der Waals surface area contributed by atoms with Gasteiger partial charge in [0.2, 0.25) is 0 Å². The number of benzene rings is 2. The maximum atomic E-state index is 5.94. The van der Waals surface area contributed by atoms with Crippen LogP contribution in [0.4, 0.5) is 5.69 Å². The molecule has 1 atom stereocenters. The minimum Gasteiger partial charge on any atom is -0.489 e. The first-order valence-corrected chi connectivity index (χ1v) is 8.71. The van der Waals surface area contributed by atoms with Gasteiger partial charge in [-0.05, 0) is 36.6 Å². The van der Waals surface area contributed by atoms with E-state index in [2.05, 4.69) is 48.5 Å². The Balaban J connectivity index is 1.67. The third-order valence-corrected chi connectivity index (χ3v) is 4.22. The summed E-state index contributed by atoms with van der Waals surface area (Å²) in [4.78, 5) is 0. The summed E-state index contributed by atoms with van der Waals surface area (Å²) in [5.41, 5.74) is 4.54. The molecule has 1 heterocycles. The van der Waals surface area contributed by atoms with Gasteiger partial charge in [0.1, 0.15) is 12.4 Å². The molecule has 3 rings (SSSR count). The average molecular weight is 335 g/mol. The van der Waals surface area contributed by atoms with Crippen LogP contribution in [0.15, 0.2) is 60.8 Å². The number of anilines is 1. The van der Waals surface area contributed by atoms with Crippen molar-refractivity contribution in [3.8, 4) is 5.75 Å². The summed E-state index contributed by atoms with van der Waals surface area (Å²) < 4.78 is 7.79. The monoisotopic (exact) mass is 335 g/mol. The zero-order chi connectivity index (χ0) is 17.6. The van der Waals surface area contributed by atoms with Gasteiger partial charge in [-0.2, -0.15) is 5.10 Å². The Labute approximate surface area is 149 Å². The molecule has 1 N–H and O–H groups in total. The summed E-state index contributed by atoms with van der Waals surface area (Å²) in [6, 6.07) is 18.7. The van der Waals surface area contributed by atoms with Crippen LogP contribution in [0, 0.1) is 0 Å². The molecular formula is C21H25N3O. The molecule has 130 valence electrons. The van der Waals surface area contributed by atoms with Crippen molar-refractivity contribution in [3.63, 3.8) is 0 Å². The standard InChI is InChI=1S/C21H25N3O/c1-4-20-21(14-24(3)23-20)22-16(2)18-11-8-12-19(13-18)25-15-17-9-6-5-7-10-17/h5-14,16,22H,4,15H2,1-3H3. The summed E-state index contributed by atoms with van der Waals surface area (Å²) in [5, 5.41) is 8.05. The van der Waals surface area contributed by atoms with E-state index in [-0.39, 0.29) is 6.04 Å². The summed E-state index contributed by atoms with van der Waals surface area (Å²) in [5.74, 6) is 0.886. The average Bonchev–Trinajstić information content (AvgIpc) is 3.00. The quantitative estimate of drug-likeness (QED) is 0.678. The number of aryl methyl sites for hydroxylation is 2. The van der Waals surface area contributed by atoms with Crippen LogP contribution in [0.5, 0.6) is 5.75 Å². The summed E-state index contributed by atoms with van der Waals surface area (Å²) in [7, 11) is 1.95. The predicted molar refractivity (Wildman–Crippen MR) is 102 cm³/mol. The Morgan fingerprint density at radius 1 is 1.12 bits per heavy atom. The number of nitrogens with zero attached hydrogens (tertiary/aromatic N) is 2. The first kappa shape index (κ1) is 17.1. The van der Waals surface area contributed by atoms with Gasteiger partial charge in [0.05, 0.1) is 11.4 Å². The molecule has 0 spiro atoms. The molecule has 0 saturated carbocycles. The van der Waals surface area contributed by atoms with Gasteiger partial charge in [-0.25, -0.2) is 0 Å². The van der Waals surface area contributed by atoms with Gasteiger partial charge in [0.15, 0.2) is 0 Å². The summed E-state index contributed by atoms with van der Waals surface area (Å²) in [6.07, 6.45) is 2.95. The Bertz CT molecular complexity index is 811. The van der Waals surface area contributed by atoms with Crippen molar-refractivity contribution >= 4 is 5.69 Å². The van der Waals surface area contributed by atoms with Crippen LogP contribution in [0.1, 0.15) is 36.7 Å². The molecule has 0 bridgehead atoms. The lowest BCUT2D eigenvalue weighted by atomic mass is 10.1. The number of hydrogen-bond donors (Lipinski definition) is 1. The third kappa shape index (κ3) is 4.41. The first-order chi connectivity index (χ1) is 12.2. The van der Waals surface area contributed by atoms with Gasteiger partial charge in [-0.1, -0.05) is 49.4 Å². The molecule has 0 aliphatic carbocycles. The normalized spacial score (nSPS) is 12.0. The van der Waals surface area contributed by atoms with Crippen molar-refractivity contribution in [2.45, 2.75) is 32.9 Å². The van der Waals surface area contributed by atoms with E-state index in [1.807, 2.05) is 48.3 Å². The van der Waals surface area contributed by atoms with Gasteiger partial charge >= 0.3 is 0 Å². The van der Waals surface area contributed by atoms with E-state index < -0.39 is 0 Å². The van der Waals surface area contributed by atoms with Crippen LogP contribution in [0.3, 0.4) is 0 Å². The van der Waals surface area contributed by atoms with Gasteiger partial charge < -0.3 is 10.1 Å². The topological polar surface area (TPSA) is 39.1 Å². The molecule has 0 aliphatic rings. The van der Waals surface area contributed by atoms with Crippen LogP contribution >= 0.6 is 0 Å². The Hall–Kier alpha value is -2.75. The number of aromatic nitrogens is 2. The van der Waals surface area contributed by atoms with Crippen LogP contribution < -0.4 is 10.1 Å². The number of nitrogens with one attached hydrogen (secondary N) is 1. The van der Waals surface area contributed by atoms with Crippen LogP contribution in [0.25, 0.3) is 0 Å². The van der Waals surface area contributed by atoms with E-state index in [4.69, 9.17) is 4.74 Å². The van der Waals surface area contributed by atoms with Gasteiger partial charge in [-0.15, -0.1) is 0 Å². The molecule has 2 aromatic carbocycles. The third-order valence-electron chi connectivity index (χ3n) is 4.22. The molecule has 25 heavy (non-hydrogen) atoms. The van der Waals surface area contributed by atoms with E-state index in [9.17, 15) is 0 Å². The van der Waals surface area contributed by atoms with Crippen LogP contribution in [-0.4, -0.2) is 9.78 Å². The van der Waals surface area contributed by atoms with E-state index in [0.717, 1.165) is 23.6 Å². The molecular weight excluding hydrogens is 310 g/mol. The molecule has 3 aromatic rings. The number of rotatable bonds is 7. The maximum absolute atomic E-state index is 5.94.